The van der Waals surface area contributed by atoms with Gasteiger partial charge in [-0.1, -0.05) is 30.3 Å². The van der Waals surface area contributed by atoms with Crippen LogP contribution in [0.15, 0.2) is 30.3 Å². The first-order valence-electron chi connectivity index (χ1n) is 7.78. The minimum Gasteiger partial charge on any atom is -0.466 e. The molecule has 1 aliphatic rings. The molecule has 1 heterocycles. The molecule has 0 aliphatic carbocycles. The molecular formula is C17H23NO4. The first-order valence-corrected chi connectivity index (χ1v) is 7.78. The molecule has 0 bridgehead atoms. The van der Waals surface area contributed by atoms with Gasteiger partial charge in [-0.3, -0.25) is 9.59 Å². The SMILES string of the molecule is CCOC(=O)C1CNC(Cc2ccccc2)C1C(=O)OCC. The molecule has 1 aromatic carbocycles. The maximum absolute atomic E-state index is 12.3. The summed E-state index contributed by atoms with van der Waals surface area (Å²) in [4.78, 5) is 24.4. The molecular weight excluding hydrogens is 282 g/mol. The summed E-state index contributed by atoms with van der Waals surface area (Å²) < 4.78 is 10.3. The van der Waals surface area contributed by atoms with Gasteiger partial charge >= 0.3 is 11.9 Å². The zero-order valence-electron chi connectivity index (χ0n) is 13.1. The van der Waals surface area contributed by atoms with Crippen molar-refractivity contribution in [3.05, 3.63) is 35.9 Å². The Morgan fingerprint density at radius 3 is 2.36 bits per heavy atom. The van der Waals surface area contributed by atoms with Gasteiger partial charge in [0.1, 0.15) is 0 Å². The third-order valence-electron chi connectivity index (χ3n) is 3.91. The maximum atomic E-state index is 12.3. The molecule has 0 saturated carbocycles. The first-order chi connectivity index (χ1) is 10.7. The maximum Gasteiger partial charge on any atom is 0.311 e. The summed E-state index contributed by atoms with van der Waals surface area (Å²) in [7, 11) is 0. The van der Waals surface area contributed by atoms with Gasteiger partial charge in [-0.2, -0.15) is 0 Å². The van der Waals surface area contributed by atoms with E-state index in [-0.39, 0.29) is 18.0 Å². The minimum atomic E-state index is -0.501. The molecule has 0 aromatic heterocycles. The Balaban J connectivity index is 2.14. The predicted octanol–water partition coefficient (Wildman–Crippen LogP) is 1.56. The van der Waals surface area contributed by atoms with E-state index in [1.165, 1.54) is 0 Å². The number of esters is 2. The van der Waals surface area contributed by atoms with Crippen LogP contribution in [0.5, 0.6) is 0 Å². The quantitative estimate of drug-likeness (QED) is 0.808. The summed E-state index contributed by atoms with van der Waals surface area (Å²) >= 11 is 0. The number of benzene rings is 1. The van der Waals surface area contributed by atoms with E-state index >= 15 is 0 Å². The van der Waals surface area contributed by atoms with Crippen molar-refractivity contribution in [1.82, 2.24) is 5.32 Å². The van der Waals surface area contributed by atoms with Gasteiger partial charge in [0.05, 0.1) is 25.0 Å². The minimum absolute atomic E-state index is 0.115. The van der Waals surface area contributed by atoms with Crippen LogP contribution in [0.25, 0.3) is 0 Å². The second kappa shape index (κ2) is 7.94. The molecule has 120 valence electrons. The van der Waals surface area contributed by atoms with Gasteiger partial charge in [-0.25, -0.2) is 0 Å². The van der Waals surface area contributed by atoms with Gasteiger partial charge in [0.25, 0.3) is 0 Å². The van der Waals surface area contributed by atoms with Gasteiger partial charge < -0.3 is 14.8 Å². The van der Waals surface area contributed by atoms with E-state index in [0.717, 1.165) is 5.56 Å². The highest BCUT2D eigenvalue weighted by molar-refractivity contribution is 5.83. The lowest BCUT2D eigenvalue weighted by molar-refractivity contribution is -0.158. The molecule has 3 atom stereocenters. The summed E-state index contributed by atoms with van der Waals surface area (Å²) in [6.45, 7) is 4.60. The lowest BCUT2D eigenvalue weighted by Crippen LogP contribution is -2.38. The van der Waals surface area contributed by atoms with E-state index < -0.39 is 11.8 Å². The normalized spacial score (nSPS) is 24.0. The molecule has 1 fully saturated rings. The number of hydrogen-bond acceptors (Lipinski definition) is 5. The molecule has 5 heteroatoms. The van der Waals surface area contributed by atoms with Crippen LogP contribution in [0.3, 0.4) is 0 Å². The predicted molar refractivity (Wildman–Crippen MR) is 82.2 cm³/mol. The second-order valence-electron chi connectivity index (χ2n) is 5.34. The van der Waals surface area contributed by atoms with Crippen LogP contribution in [-0.2, 0) is 25.5 Å². The lowest BCUT2D eigenvalue weighted by Gasteiger charge is -2.21. The Labute approximate surface area is 131 Å². The third-order valence-corrected chi connectivity index (χ3v) is 3.91. The van der Waals surface area contributed by atoms with Crippen LogP contribution in [0.2, 0.25) is 0 Å². The number of carbonyl (C=O) groups is 2. The van der Waals surface area contributed by atoms with Gasteiger partial charge in [0, 0.05) is 12.6 Å². The molecule has 1 N–H and O–H groups in total. The lowest BCUT2D eigenvalue weighted by atomic mass is 9.87. The summed E-state index contributed by atoms with van der Waals surface area (Å²) in [5.74, 6) is -1.64. The smallest absolute Gasteiger partial charge is 0.311 e. The van der Waals surface area contributed by atoms with Crippen molar-refractivity contribution in [3.8, 4) is 0 Å². The number of hydrogen-bond donors (Lipinski definition) is 1. The average molecular weight is 305 g/mol. The van der Waals surface area contributed by atoms with Crippen molar-refractivity contribution < 1.29 is 19.1 Å². The van der Waals surface area contributed by atoms with Crippen LogP contribution < -0.4 is 5.32 Å². The highest BCUT2D eigenvalue weighted by Gasteiger charge is 2.46. The molecule has 0 spiro atoms. The fraction of sp³-hybridized carbons (Fsp3) is 0.529. The highest BCUT2D eigenvalue weighted by atomic mass is 16.5. The molecule has 2 rings (SSSR count). The fourth-order valence-corrected chi connectivity index (χ4v) is 2.93. The van der Waals surface area contributed by atoms with Gasteiger partial charge in [-0.15, -0.1) is 0 Å². The Morgan fingerprint density at radius 1 is 1.09 bits per heavy atom. The summed E-state index contributed by atoms with van der Waals surface area (Å²) in [5.41, 5.74) is 1.12. The molecule has 3 unspecified atom stereocenters. The van der Waals surface area contributed by atoms with Crippen LogP contribution in [0, 0.1) is 11.8 Å². The topological polar surface area (TPSA) is 64.6 Å². The van der Waals surface area contributed by atoms with Crippen LogP contribution in [0.4, 0.5) is 0 Å². The Hall–Kier alpha value is -1.88. The first kappa shape index (κ1) is 16.5. The largest absolute Gasteiger partial charge is 0.466 e. The molecule has 1 saturated heterocycles. The van der Waals surface area contributed by atoms with E-state index in [2.05, 4.69) is 5.32 Å². The highest BCUT2D eigenvalue weighted by Crippen LogP contribution is 2.27. The van der Waals surface area contributed by atoms with Crippen molar-refractivity contribution in [1.29, 1.82) is 0 Å². The Bertz CT molecular complexity index is 503. The van der Waals surface area contributed by atoms with Crippen molar-refractivity contribution in [2.24, 2.45) is 11.8 Å². The van der Waals surface area contributed by atoms with Gasteiger partial charge in [-0.05, 0) is 25.8 Å². The van der Waals surface area contributed by atoms with Crippen molar-refractivity contribution in [3.63, 3.8) is 0 Å². The van der Waals surface area contributed by atoms with E-state index in [4.69, 9.17) is 9.47 Å². The van der Waals surface area contributed by atoms with Crippen LogP contribution >= 0.6 is 0 Å². The number of rotatable bonds is 6. The summed E-state index contributed by atoms with van der Waals surface area (Å²) in [5, 5.41) is 3.28. The summed E-state index contributed by atoms with van der Waals surface area (Å²) in [6, 6.07) is 9.80. The van der Waals surface area contributed by atoms with E-state index in [9.17, 15) is 9.59 Å². The Morgan fingerprint density at radius 2 is 1.73 bits per heavy atom. The molecule has 0 radical (unpaired) electrons. The van der Waals surface area contributed by atoms with Gasteiger partial charge in [0.15, 0.2) is 0 Å². The molecule has 22 heavy (non-hydrogen) atoms. The zero-order chi connectivity index (χ0) is 15.9. The van der Waals surface area contributed by atoms with E-state index in [0.29, 0.717) is 26.2 Å². The zero-order valence-corrected chi connectivity index (χ0v) is 13.1. The van der Waals surface area contributed by atoms with Crippen molar-refractivity contribution in [2.45, 2.75) is 26.3 Å². The van der Waals surface area contributed by atoms with E-state index in [1.807, 2.05) is 30.3 Å². The standard InChI is InChI=1S/C17H23NO4/c1-3-21-16(19)13-11-18-14(15(13)17(20)22-4-2)10-12-8-6-5-7-9-12/h5-9,13-15,18H,3-4,10-11H2,1-2H3. The monoisotopic (exact) mass is 305 g/mol. The molecule has 0 amide bonds. The van der Waals surface area contributed by atoms with E-state index in [1.54, 1.807) is 13.8 Å². The third kappa shape index (κ3) is 3.85. The number of ether oxygens (including phenoxy) is 2. The van der Waals surface area contributed by atoms with Crippen LogP contribution in [-0.4, -0.2) is 37.7 Å². The number of nitrogens with one attached hydrogen (secondary N) is 1. The molecule has 5 nitrogen and oxygen atoms in total. The molecule has 1 aliphatic heterocycles. The fourth-order valence-electron chi connectivity index (χ4n) is 2.93. The Kier molecular flexibility index (Phi) is 5.95. The van der Waals surface area contributed by atoms with Crippen molar-refractivity contribution >= 4 is 11.9 Å². The number of carbonyl (C=O) groups excluding carboxylic acids is 2. The van der Waals surface area contributed by atoms with Crippen molar-refractivity contribution in [2.75, 3.05) is 19.8 Å². The average Bonchev–Trinajstić information content (AvgIpc) is 2.92. The summed E-state index contributed by atoms with van der Waals surface area (Å²) in [6.07, 6.45) is 0.681. The van der Waals surface area contributed by atoms with Crippen LogP contribution in [0.1, 0.15) is 19.4 Å². The van der Waals surface area contributed by atoms with Gasteiger partial charge in [0.2, 0.25) is 0 Å². The molecule has 1 aromatic rings. The second-order valence-corrected chi connectivity index (χ2v) is 5.34.